The van der Waals surface area contributed by atoms with E-state index in [1.807, 2.05) is 6.92 Å². The SMILES string of the molecule is CCNC(=O)c1cc[n+](C[C@H]([NH3+])C(=O)O)nc1. The zero-order chi connectivity index (χ0) is 12.8. The smallest absolute Gasteiger partial charge is 0.369 e. The Bertz CT molecular complexity index is 405. The first-order chi connectivity index (χ1) is 8.04. The molecule has 0 aliphatic heterocycles. The molecule has 0 spiro atoms. The number of hydrogen-bond acceptors (Lipinski definition) is 3. The van der Waals surface area contributed by atoms with Gasteiger partial charge in [-0.05, 0) is 12.0 Å². The Morgan fingerprint density at radius 3 is 2.82 bits per heavy atom. The van der Waals surface area contributed by atoms with Gasteiger partial charge in [-0.25, -0.2) is 4.79 Å². The van der Waals surface area contributed by atoms with E-state index >= 15 is 0 Å². The third kappa shape index (κ3) is 3.80. The number of aliphatic carboxylic acids is 1. The summed E-state index contributed by atoms with van der Waals surface area (Å²) in [5.74, 6) is -1.18. The molecular formula is C10H16N4O3+2. The van der Waals surface area contributed by atoms with Gasteiger partial charge < -0.3 is 16.2 Å². The van der Waals surface area contributed by atoms with Gasteiger partial charge in [0, 0.05) is 12.6 Å². The highest BCUT2D eigenvalue weighted by atomic mass is 16.4. The van der Waals surface area contributed by atoms with Gasteiger partial charge >= 0.3 is 5.97 Å². The Labute approximate surface area is 98.2 Å². The number of nitrogens with one attached hydrogen (secondary N) is 1. The number of aromatic nitrogens is 2. The summed E-state index contributed by atoms with van der Waals surface area (Å²) < 4.78 is 1.44. The summed E-state index contributed by atoms with van der Waals surface area (Å²) >= 11 is 0. The number of amides is 1. The Kier molecular flexibility index (Phi) is 4.53. The van der Waals surface area contributed by atoms with Gasteiger partial charge in [-0.3, -0.25) is 4.79 Å². The molecule has 0 radical (unpaired) electrons. The Morgan fingerprint density at radius 2 is 2.35 bits per heavy atom. The fourth-order valence-electron chi connectivity index (χ4n) is 1.19. The number of carbonyl (C=O) groups excluding carboxylic acids is 1. The number of carbonyl (C=O) groups is 2. The quantitative estimate of drug-likeness (QED) is 0.508. The van der Waals surface area contributed by atoms with Crippen LogP contribution in [0.4, 0.5) is 0 Å². The van der Waals surface area contributed by atoms with Crippen LogP contribution in [0, 0.1) is 0 Å². The Balaban J connectivity index is 2.68. The van der Waals surface area contributed by atoms with Crippen molar-refractivity contribution in [2.45, 2.75) is 19.5 Å². The van der Waals surface area contributed by atoms with E-state index in [0.717, 1.165) is 0 Å². The number of carboxylic acids is 1. The molecule has 1 amide bonds. The van der Waals surface area contributed by atoms with E-state index in [1.54, 1.807) is 12.3 Å². The molecule has 0 fully saturated rings. The van der Waals surface area contributed by atoms with Gasteiger partial charge in [0.2, 0.25) is 12.6 Å². The van der Waals surface area contributed by atoms with E-state index < -0.39 is 12.0 Å². The van der Waals surface area contributed by atoms with Crippen LogP contribution in [0.2, 0.25) is 0 Å². The zero-order valence-electron chi connectivity index (χ0n) is 9.59. The Morgan fingerprint density at radius 1 is 1.65 bits per heavy atom. The molecule has 7 heteroatoms. The average molecular weight is 240 g/mol. The summed E-state index contributed by atoms with van der Waals surface area (Å²) in [5.41, 5.74) is 3.92. The van der Waals surface area contributed by atoms with Crippen LogP contribution in [0.3, 0.4) is 0 Å². The summed E-state index contributed by atoms with van der Waals surface area (Å²) in [4.78, 5) is 22.0. The van der Waals surface area contributed by atoms with E-state index in [2.05, 4.69) is 16.1 Å². The van der Waals surface area contributed by atoms with Crippen molar-refractivity contribution in [3.63, 3.8) is 0 Å². The van der Waals surface area contributed by atoms with E-state index in [-0.39, 0.29) is 12.5 Å². The molecule has 1 aromatic heterocycles. The van der Waals surface area contributed by atoms with Gasteiger partial charge in [0.1, 0.15) is 6.20 Å². The monoisotopic (exact) mass is 240 g/mol. The number of hydrogen-bond donors (Lipinski definition) is 3. The molecule has 0 saturated carbocycles. The van der Waals surface area contributed by atoms with E-state index in [1.165, 1.54) is 10.9 Å². The van der Waals surface area contributed by atoms with Crippen LogP contribution in [0.15, 0.2) is 18.5 Å². The number of rotatable bonds is 5. The van der Waals surface area contributed by atoms with Crippen LogP contribution in [0.1, 0.15) is 17.3 Å². The molecule has 0 aromatic carbocycles. The van der Waals surface area contributed by atoms with Gasteiger partial charge in [-0.2, -0.15) is 0 Å². The molecule has 0 unspecified atom stereocenters. The minimum atomic E-state index is -0.980. The fraction of sp³-hybridized carbons (Fsp3) is 0.400. The van der Waals surface area contributed by atoms with E-state index in [4.69, 9.17) is 5.11 Å². The molecule has 7 nitrogen and oxygen atoms in total. The summed E-state index contributed by atoms with van der Waals surface area (Å²) in [5, 5.41) is 15.3. The maximum atomic E-state index is 11.4. The molecule has 0 aliphatic carbocycles. The lowest BCUT2D eigenvalue weighted by Gasteiger charge is -2.00. The van der Waals surface area contributed by atoms with Gasteiger partial charge in [0.25, 0.3) is 5.91 Å². The normalized spacial score (nSPS) is 11.9. The summed E-state index contributed by atoms with van der Waals surface area (Å²) in [6.45, 7) is 2.55. The maximum absolute atomic E-state index is 11.4. The number of carboxylic acid groups (broad SMARTS) is 1. The number of quaternary nitrogens is 1. The average Bonchev–Trinajstić information content (AvgIpc) is 2.30. The van der Waals surface area contributed by atoms with E-state index in [9.17, 15) is 9.59 Å². The standard InChI is InChI=1S/C10H14N4O3/c1-2-12-9(15)7-3-4-14(13-5-7)6-8(11)10(16)17/h3-5,8H,2,6,11H2,1H3,(H-,12,15,16,17)/p+2/t8-/m0/s1. The van der Waals surface area contributed by atoms with Crippen LogP contribution < -0.4 is 15.7 Å². The highest BCUT2D eigenvalue weighted by Crippen LogP contribution is 1.92. The van der Waals surface area contributed by atoms with Crippen LogP contribution in [-0.2, 0) is 11.3 Å². The van der Waals surface area contributed by atoms with E-state index in [0.29, 0.717) is 12.1 Å². The van der Waals surface area contributed by atoms with Gasteiger partial charge in [-0.15, -0.1) is 0 Å². The van der Waals surface area contributed by atoms with Crippen LogP contribution in [-0.4, -0.2) is 34.7 Å². The summed E-state index contributed by atoms with van der Waals surface area (Å²) in [6, 6.07) is 0.829. The molecule has 0 bridgehead atoms. The van der Waals surface area contributed by atoms with Crippen molar-refractivity contribution in [1.82, 2.24) is 10.4 Å². The van der Waals surface area contributed by atoms with Crippen molar-refractivity contribution in [2.75, 3.05) is 6.54 Å². The first-order valence-electron chi connectivity index (χ1n) is 5.24. The molecule has 92 valence electrons. The molecular weight excluding hydrogens is 224 g/mol. The van der Waals surface area contributed by atoms with Crippen molar-refractivity contribution in [3.05, 3.63) is 24.0 Å². The first-order valence-corrected chi connectivity index (χ1v) is 5.24. The summed E-state index contributed by atoms with van der Waals surface area (Å²) in [7, 11) is 0. The topological polar surface area (TPSA) is 111 Å². The van der Waals surface area contributed by atoms with Gasteiger partial charge in [0.05, 0.1) is 5.56 Å². The van der Waals surface area contributed by atoms with Crippen molar-refractivity contribution < 1.29 is 25.1 Å². The number of nitrogens with zero attached hydrogens (tertiary/aromatic N) is 2. The zero-order valence-corrected chi connectivity index (χ0v) is 9.59. The maximum Gasteiger partial charge on any atom is 0.369 e. The summed E-state index contributed by atoms with van der Waals surface area (Å²) in [6.07, 6.45) is 2.96. The molecule has 1 heterocycles. The highest BCUT2D eigenvalue weighted by Gasteiger charge is 2.22. The Hall–Kier alpha value is -2.02. The molecule has 0 aliphatic rings. The molecule has 17 heavy (non-hydrogen) atoms. The van der Waals surface area contributed by atoms with Crippen molar-refractivity contribution in [1.29, 1.82) is 0 Å². The second-order valence-corrected chi connectivity index (χ2v) is 3.53. The minimum Gasteiger partial charge on any atom is -0.477 e. The van der Waals surface area contributed by atoms with Crippen LogP contribution >= 0.6 is 0 Å². The van der Waals surface area contributed by atoms with Crippen molar-refractivity contribution >= 4 is 11.9 Å². The molecule has 1 rings (SSSR count). The molecule has 1 atom stereocenters. The van der Waals surface area contributed by atoms with Crippen molar-refractivity contribution in [3.8, 4) is 0 Å². The lowest BCUT2D eigenvalue weighted by Crippen LogP contribution is -2.70. The molecule has 0 saturated heterocycles. The van der Waals surface area contributed by atoms with Crippen LogP contribution in [0.5, 0.6) is 0 Å². The fourth-order valence-corrected chi connectivity index (χ4v) is 1.19. The lowest BCUT2D eigenvalue weighted by molar-refractivity contribution is -0.770. The second kappa shape index (κ2) is 5.90. The largest absolute Gasteiger partial charge is 0.477 e. The second-order valence-electron chi connectivity index (χ2n) is 3.53. The lowest BCUT2D eigenvalue weighted by atomic mass is 10.3. The predicted molar refractivity (Wildman–Crippen MR) is 56.8 cm³/mol. The first kappa shape index (κ1) is 13.0. The molecule has 5 N–H and O–H groups in total. The van der Waals surface area contributed by atoms with Gasteiger partial charge in [0.15, 0.2) is 6.20 Å². The van der Waals surface area contributed by atoms with Gasteiger partial charge in [-0.1, -0.05) is 4.68 Å². The third-order valence-electron chi connectivity index (χ3n) is 2.13. The molecule has 1 aromatic rings. The minimum absolute atomic E-state index is 0.172. The van der Waals surface area contributed by atoms with Crippen LogP contribution in [0.25, 0.3) is 0 Å². The third-order valence-corrected chi connectivity index (χ3v) is 2.13. The highest BCUT2D eigenvalue weighted by molar-refractivity contribution is 5.93. The van der Waals surface area contributed by atoms with Crippen molar-refractivity contribution in [2.24, 2.45) is 0 Å². The predicted octanol–water partition coefficient (Wildman–Crippen LogP) is -2.19.